The van der Waals surface area contributed by atoms with E-state index in [1.165, 1.54) is 18.2 Å². The SMILES string of the molecule is N#Cc1nn(-c2cccc([N+](=O)[O-])c2)nc1NCCO. The van der Waals surface area contributed by atoms with Crippen molar-refractivity contribution in [3.8, 4) is 11.8 Å². The second-order valence-electron chi connectivity index (χ2n) is 3.73. The fourth-order valence-electron chi connectivity index (χ4n) is 1.52. The monoisotopic (exact) mass is 274 g/mol. The number of aliphatic hydroxyl groups excluding tert-OH is 1. The van der Waals surface area contributed by atoms with Crippen LogP contribution in [-0.4, -0.2) is 38.2 Å². The van der Waals surface area contributed by atoms with Crippen molar-refractivity contribution in [3.05, 3.63) is 40.1 Å². The molecule has 0 unspecified atom stereocenters. The molecule has 0 atom stereocenters. The van der Waals surface area contributed by atoms with Gasteiger partial charge in [0.1, 0.15) is 6.07 Å². The highest BCUT2D eigenvalue weighted by Crippen LogP contribution is 2.17. The van der Waals surface area contributed by atoms with Gasteiger partial charge in [0.15, 0.2) is 5.82 Å². The van der Waals surface area contributed by atoms with Crippen LogP contribution in [-0.2, 0) is 0 Å². The van der Waals surface area contributed by atoms with E-state index in [0.29, 0.717) is 5.69 Å². The van der Waals surface area contributed by atoms with Crippen molar-refractivity contribution in [1.29, 1.82) is 5.26 Å². The molecule has 9 heteroatoms. The first-order valence-corrected chi connectivity index (χ1v) is 5.62. The molecule has 0 saturated heterocycles. The average molecular weight is 274 g/mol. The van der Waals surface area contributed by atoms with Crippen molar-refractivity contribution in [1.82, 2.24) is 15.0 Å². The lowest BCUT2D eigenvalue weighted by Gasteiger charge is -1.99. The predicted molar refractivity (Wildman–Crippen MR) is 68.3 cm³/mol. The van der Waals surface area contributed by atoms with Crippen molar-refractivity contribution in [3.63, 3.8) is 0 Å². The molecule has 20 heavy (non-hydrogen) atoms. The summed E-state index contributed by atoms with van der Waals surface area (Å²) in [5, 5.41) is 39.1. The Kier molecular flexibility index (Phi) is 3.88. The van der Waals surface area contributed by atoms with E-state index in [0.717, 1.165) is 4.80 Å². The van der Waals surface area contributed by atoms with Gasteiger partial charge in [-0.2, -0.15) is 5.26 Å². The van der Waals surface area contributed by atoms with Crippen molar-refractivity contribution in [2.75, 3.05) is 18.5 Å². The minimum atomic E-state index is -0.525. The smallest absolute Gasteiger partial charge is 0.271 e. The Balaban J connectivity index is 2.38. The molecule has 2 N–H and O–H groups in total. The zero-order valence-corrected chi connectivity index (χ0v) is 10.2. The molecular weight excluding hydrogens is 264 g/mol. The number of hydrogen-bond donors (Lipinski definition) is 2. The molecule has 0 aliphatic heterocycles. The molecule has 0 radical (unpaired) electrons. The topological polar surface area (TPSA) is 130 Å². The molecule has 2 aromatic rings. The lowest BCUT2D eigenvalue weighted by Crippen LogP contribution is -2.07. The van der Waals surface area contributed by atoms with Gasteiger partial charge >= 0.3 is 0 Å². The van der Waals surface area contributed by atoms with Crippen molar-refractivity contribution < 1.29 is 10.0 Å². The number of nitro benzene ring substituents is 1. The Labute approximate surface area is 113 Å². The number of nitro groups is 1. The van der Waals surface area contributed by atoms with Gasteiger partial charge in [-0.3, -0.25) is 10.1 Å². The maximum atomic E-state index is 10.7. The Morgan fingerprint density at radius 3 is 2.95 bits per heavy atom. The molecule has 2 rings (SSSR count). The number of nitrogens with zero attached hydrogens (tertiary/aromatic N) is 5. The third-order valence-corrected chi connectivity index (χ3v) is 2.40. The van der Waals surface area contributed by atoms with Crippen molar-refractivity contribution in [2.24, 2.45) is 0 Å². The maximum Gasteiger partial charge on any atom is 0.271 e. The van der Waals surface area contributed by atoms with Crippen molar-refractivity contribution >= 4 is 11.5 Å². The van der Waals surface area contributed by atoms with E-state index in [1.807, 2.05) is 6.07 Å². The van der Waals surface area contributed by atoms with E-state index in [4.69, 9.17) is 10.4 Å². The summed E-state index contributed by atoms with van der Waals surface area (Å²) in [5.74, 6) is 0.216. The number of anilines is 1. The number of hydrogen-bond acceptors (Lipinski definition) is 7. The van der Waals surface area contributed by atoms with Gasteiger partial charge in [0, 0.05) is 18.7 Å². The number of nitrogens with one attached hydrogen (secondary N) is 1. The minimum absolute atomic E-state index is 0.0463. The van der Waals surface area contributed by atoms with Gasteiger partial charge in [0.2, 0.25) is 5.69 Å². The van der Waals surface area contributed by atoms with Crippen LogP contribution in [0.25, 0.3) is 5.69 Å². The average Bonchev–Trinajstić information content (AvgIpc) is 2.88. The van der Waals surface area contributed by atoms with Crippen LogP contribution in [0.5, 0.6) is 0 Å². The lowest BCUT2D eigenvalue weighted by molar-refractivity contribution is -0.384. The Morgan fingerprint density at radius 1 is 1.50 bits per heavy atom. The third-order valence-electron chi connectivity index (χ3n) is 2.40. The van der Waals surface area contributed by atoms with E-state index in [-0.39, 0.29) is 30.4 Å². The molecule has 102 valence electrons. The summed E-state index contributed by atoms with van der Waals surface area (Å²) in [5.41, 5.74) is 0.320. The fraction of sp³-hybridized carbons (Fsp3) is 0.182. The Morgan fingerprint density at radius 2 is 2.30 bits per heavy atom. The molecular formula is C11H10N6O3. The summed E-state index contributed by atoms with van der Waals surface area (Å²) in [6.07, 6.45) is 0. The highest BCUT2D eigenvalue weighted by atomic mass is 16.6. The lowest BCUT2D eigenvalue weighted by atomic mass is 10.3. The second kappa shape index (κ2) is 5.77. The first-order chi connectivity index (χ1) is 9.65. The van der Waals surface area contributed by atoms with Crippen LogP contribution in [0.15, 0.2) is 24.3 Å². The maximum absolute atomic E-state index is 10.7. The van der Waals surface area contributed by atoms with E-state index in [9.17, 15) is 10.1 Å². The molecule has 0 aliphatic carbocycles. The normalized spacial score (nSPS) is 10.0. The standard InChI is InChI=1S/C11H10N6O3/c12-7-10-11(13-4-5-18)15-16(14-10)8-2-1-3-9(6-8)17(19)20/h1-3,6,18H,4-5H2,(H,13,15). The first kappa shape index (κ1) is 13.4. The number of non-ortho nitro benzene ring substituents is 1. The fourth-order valence-corrected chi connectivity index (χ4v) is 1.52. The summed E-state index contributed by atoms with van der Waals surface area (Å²) in [4.78, 5) is 11.3. The Bertz CT molecular complexity index is 675. The van der Waals surface area contributed by atoms with Gasteiger partial charge in [-0.15, -0.1) is 15.0 Å². The van der Waals surface area contributed by atoms with E-state index < -0.39 is 4.92 Å². The minimum Gasteiger partial charge on any atom is -0.395 e. The van der Waals surface area contributed by atoms with E-state index in [1.54, 1.807) is 6.07 Å². The van der Waals surface area contributed by atoms with Gasteiger partial charge in [-0.05, 0) is 6.07 Å². The summed E-state index contributed by atoms with van der Waals surface area (Å²) in [6, 6.07) is 7.60. The van der Waals surface area contributed by atoms with E-state index >= 15 is 0 Å². The molecule has 0 spiro atoms. The predicted octanol–water partition coefficient (Wildman–Crippen LogP) is 0.451. The van der Waals surface area contributed by atoms with Crippen molar-refractivity contribution in [2.45, 2.75) is 0 Å². The highest BCUT2D eigenvalue weighted by molar-refractivity contribution is 5.49. The number of nitriles is 1. The third kappa shape index (κ3) is 2.70. The molecule has 0 saturated carbocycles. The summed E-state index contributed by atoms with van der Waals surface area (Å²) >= 11 is 0. The quantitative estimate of drug-likeness (QED) is 0.597. The van der Waals surface area contributed by atoms with Crippen LogP contribution in [0, 0.1) is 21.4 Å². The van der Waals surface area contributed by atoms with Gasteiger partial charge in [-0.1, -0.05) is 6.07 Å². The number of benzene rings is 1. The number of aliphatic hydroxyl groups is 1. The molecule has 0 aliphatic rings. The van der Waals surface area contributed by atoms with Crippen LogP contribution >= 0.6 is 0 Å². The molecule has 1 aromatic carbocycles. The van der Waals surface area contributed by atoms with Gasteiger partial charge in [-0.25, -0.2) is 0 Å². The zero-order valence-electron chi connectivity index (χ0n) is 10.2. The number of aromatic nitrogens is 3. The van der Waals surface area contributed by atoms with Crippen LogP contribution < -0.4 is 5.32 Å². The molecule has 1 aromatic heterocycles. The molecule has 0 amide bonds. The van der Waals surface area contributed by atoms with Crippen LogP contribution in [0.1, 0.15) is 5.69 Å². The first-order valence-electron chi connectivity index (χ1n) is 5.62. The van der Waals surface area contributed by atoms with Crippen LogP contribution in [0.2, 0.25) is 0 Å². The Hall–Kier alpha value is -2.99. The zero-order chi connectivity index (χ0) is 14.5. The molecule has 0 bridgehead atoms. The van der Waals surface area contributed by atoms with Gasteiger partial charge in [0.05, 0.1) is 17.2 Å². The second-order valence-corrected chi connectivity index (χ2v) is 3.73. The van der Waals surface area contributed by atoms with Crippen LogP contribution in [0.4, 0.5) is 11.5 Å². The highest BCUT2D eigenvalue weighted by Gasteiger charge is 2.13. The summed E-state index contributed by atoms with van der Waals surface area (Å²) in [7, 11) is 0. The molecule has 9 nitrogen and oxygen atoms in total. The summed E-state index contributed by atoms with van der Waals surface area (Å²) in [6.45, 7) is 0.108. The van der Waals surface area contributed by atoms with Gasteiger partial charge < -0.3 is 10.4 Å². The van der Waals surface area contributed by atoms with Gasteiger partial charge in [0.25, 0.3) is 5.69 Å². The molecule has 1 heterocycles. The number of rotatable bonds is 5. The largest absolute Gasteiger partial charge is 0.395 e. The van der Waals surface area contributed by atoms with E-state index in [2.05, 4.69) is 15.5 Å². The molecule has 0 fully saturated rings. The van der Waals surface area contributed by atoms with Crippen LogP contribution in [0.3, 0.4) is 0 Å². The summed E-state index contributed by atoms with van der Waals surface area (Å²) < 4.78 is 0.